The van der Waals surface area contributed by atoms with E-state index in [1.807, 2.05) is 0 Å². The molecule has 80 valence electrons. The quantitative estimate of drug-likeness (QED) is 0.439. The highest BCUT2D eigenvalue weighted by Crippen LogP contribution is 2.31. The second-order valence-electron chi connectivity index (χ2n) is 2.80. The van der Waals surface area contributed by atoms with E-state index in [0.717, 1.165) is 12.1 Å². The number of nitrogens with two attached hydrogens (primary N) is 1. The molecule has 1 aromatic rings. The predicted molar refractivity (Wildman–Crippen MR) is 52.3 cm³/mol. The summed E-state index contributed by atoms with van der Waals surface area (Å²) in [6, 6.07) is 2.28. The van der Waals surface area contributed by atoms with Crippen molar-refractivity contribution in [3.8, 4) is 0 Å². The molecule has 0 aromatic heterocycles. The molecule has 0 atom stereocenters. The molecule has 0 bridgehead atoms. The molecular formula is C7H8N4O4. The highest BCUT2D eigenvalue weighted by atomic mass is 16.6. The summed E-state index contributed by atoms with van der Waals surface area (Å²) in [6.07, 6.45) is 0. The van der Waals surface area contributed by atoms with E-state index in [-0.39, 0.29) is 22.6 Å². The maximum Gasteiger partial charge on any atom is 0.281 e. The molecule has 3 N–H and O–H groups in total. The zero-order chi connectivity index (χ0) is 11.6. The van der Waals surface area contributed by atoms with Gasteiger partial charge in [-0.05, 0) is 6.92 Å². The van der Waals surface area contributed by atoms with Crippen LogP contribution in [0.1, 0.15) is 5.56 Å². The zero-order valence-electron chi connectivity index (χ0n) is 7.76. The number of nitro benzene ring substituents is 2. The first-order valence-corrected chi connectivity index (χ1v) is 3.87. The van der Waals surface area contributed by atoms with E-state index in [1.54, 1.807) is 0 Å². The smallest absolute Gasteiger partial charge is 0.281 e. The predicted octanol–water partition coefficient (Wildman–Crippen LogP) is 1.10. The van der Waals surface area contributed by atoms with Gasteiger partial charge in [-0.1, -0.05) is 0 Å². The van der Waals surface area contributed by atoms with Crippen LogP contribution in [0, 0.1) is 27.2 Å². The van der Waals surface area contributed by atoms with Crippen molar-refractivity contribution in [2.24, 2.45) is 5.84 Å². The van der Waals surface area contributed by atoms with Gasteiger partial charge in [0.15, 0.2) is 0 Å². The van der Waals surface area contributed by atoms with E-state index in [0.29, 0.717) is 0 Å². The van der Waals surface area contributed by atoms with Gasteiger partial charge in [-0.3, -0.25) is 26.1 Å². The van der Waals surface area contributed by atoms with Gasteiger partial charge in [-0.2, -0.15) is 0 Å². The second kappa shape index (κ2) is 3.88. The maximum atomic E-state index is 10.6. The highest BCUT2D eigenvalue weighted by Gasteiger charge is 2.22. The number of hydrogen-bond donors (Lipinski definition) is 2. The summed E-state index contributed by atoms with van der Waals surface area (Å²) in [5, 5.41) is 21.2. The average molecular weight is 212 g/mol. The molecule has 0 spiro atoms. The third kappa shape index (κ3) is 1.99. The van der Waals surface area contributed by atoms with Gasteiger partial charge in [0.05, 0.1) is 15.5 Å². The van der Waals surface area contributed by atoms with E-state index in [9.17, 15) is 20.2 Å². The van der Waals surface area contributed by atoms with Crippen LogP contribution in [0.3, 0.4) is 0 Å². The van der Waals surface area contributed by atoms with Crippen molar-refractivity contribution in [3.05, 3.63) is 37.9 Å². The first kappa shape index (κ1) is 10.9. The third-order valence-electron chi connectivity index (χ3n) is 1.91. The number of anilines is 1. The summed E-state index contributed by atoms with van der Waals surface area (Å²) in [5.41, 5.74) is 1.59. The normalized spacial score (nSPS) is 9.73. The van der Waals surface area contributed by atoms with Gasteiger partial charge in [0.2, 0.25) is 0 Å². The lowest BCUT2D eigenvalue weighted by Gasteiger charge is -2.03. The zero-order valence-corrected chi connectivity index (χ0v) is 7.76. The van der Waals surface area contributed by atoms with Crippen molar-refractivity contribution in [2.75, 3.05) is 5.43 Å². The summed E-state index contributed by atoms with van der Waals surface area (Å²) in [7, 11) is 0. The maximum absolute atomic E-state index is 10.6. The molecule has 0 fully saturated rings. The van der Waals surface area contributed by atoms with Crippen LogP contribution in [0.25, 0.3) is 0 Å². The van der Waals surface area contributed by atoms with E-state index >= 15 is 0 Å². The van der Waals surface area contributed by atoms with Crippen LogP contribution in [0.15, 0.2) is 12.1 Å². The molecule has 0 saturated carbocycles. The third-order valence-corrected chi connectivity index (χ3v) is 1.91. The van der Waals surface area contributed by atoms with Crippen LogP contribution in [-0.2, 0) is 0 Å². The Morgan fingerprint density at radius 2 is 1.60 bits per heavy atom. The van der Waals surface area contributed by atoms with Gasteiger partial charge >= 0.3 is 0 Å². The molecule has 0 unspecified atom stereocenters. The molecule has 1 aromatic carbocycles. The molecule has 8 nitrogen and oxygen atoms in total. The topological polar surface area (TPSA) is 124 Å². The van der Waals surface area contributed by atoms with Crippen molar-refractivity contribution in [1.82, 2.24) is 0 Å². The fourth-order valence-corrected chi connectivity index (χ4v) is 1.15. The van der Waals surface area contributed by atoms with Crippen molar-refractivity contribution < 1.29 is 9.85 Å². The molecule has 0 amide bonds. The standard InChI is InChI=1S/C7H8N4O4/c1-4-6(10(12)13)2-5(9-8)3-7(4)11(14)15/h2-3,9H,8H2,1H3. The Hall–Kier alpha value is -2.22. The number of hydrogen-bond acceptors (Lipinski definition) is 6. The number of benzene rings is 1. The number of nitrogen functional groups attached to an aromatic ring is 1. The fraction of sp³-hybridized carbons (Fsp3) is 0.143. The Morgan fingerprint density at radius 1 is 1.20 bits per heavy atom. The van der Waals surface area contributed by atoms with Crippen LogP contribution in [0.4, 0.5) is 17.1 Å². The van der Waals surface area contributed by atoms with Crippen molar-refractivity contribution in [3.63, 3.8) is 0 Å². The average Bonchev–Trinajstić information content (AvgIpc) is 2.17. The second-order valence-corrected chi connectivity index (χ2v) is 2.80. The molecule has 0 heterocycles. The molecule has 8 heteroatoms. The number of nitrogens with zero attached hydrogens (tertiary/aromatic N) is 2. The Morgan fingerprint density at radius 3 is 1.87 bits per heavy atom. The Kier molecular flexibility index (Phi) is 2.81. The lowest BCUT2D eigenvalue weighted by Crippen LogP contribution is -2.08. The molecule has 0 aliphatic carbocycles. The van der Waals surface area contributed by atoms with E-state index in [1.165, 1.54) is 6.92 Å². The summed E-state index contributed by atoms with van der Waals surface area (Å²) >= 11 is 0. The number of hydrazine groups is 1. The SMILES string of the molecule is Cc1c([N+](=O)[O-])cc(NN)cc1[N+](=O)[O-]. The monoisotopic (exact) mass is 212 g/mol. The van der Waals surface area contributed by atoms with Gasteiger partial charge in [0.1, 0.15) is 5.56 Å². The van der Waals surface area contributed by atoms with Crippen LogP contribution in [0.5, 0.6) is 0 Å². The molecule has 0 radical (unpaired) electrons. The Labute approximate surface area is 84.0 Å². The Bertz CT molecular complexity index is 396. The van der Waals surface area contributed by atoms with Crippen LogP contribution in [-0.4, -0.2) is 9.85 Å². The van der Waals surface area contributed by atoms with Gasteiger partial charge < -0.3 is 5.43 Å². The lowest BCUT2D eigenvalue weighted by atomic mass is 10.1. The van der Waals surface area contributed by atoms with Crippen molar-refractivity contribution >= 4 is 17.1 Å². The van der Waals surface area contributed by atoms with E-state index in [2.05, 4.69) is 5.43 Å². The molecule has 15 heavy (non-hydrogen) atoms. The van der Waals surface area contributed by atoms with Crippen LogP contribution in [0.2, 0.25) is 0 Å². The lowest BCUT2D eigenvalue weighted by molar-refractivity contribution is -0.395. The van der Waals surface area contributed by atoms with Crippen molar-refractivity contribution in [1.29, 1.82) is 0 Å². The van der Waals surface area contributed by atoms with Crippen molar-refractivity contribution in [2.45, 2.75) is 6.92 Å². The van der Waals surface area contributed by atoms with E-state index in [4.69, 9.17) is 5.84 Å². The summed E-state index contributed by atoms with van der Waals surface area (Å²) in [6.45, 7) is 1.32. The minimum atomic E-state index is -0.691. The van der Waals surface area contributed by atoms with Gasteiger partial charge in [0.25, 0.3) is 11.4 Å². The minimum Gasteiger partial charge on any atom is -0.324 e. The first-order chi connectivity index (χ1) is 6.97. The highest BCUT2D eigenvalue weighted by molar-refractivity contribution is 5.63. The molecule has 0 aliphatic heterocycles. The number of nitro groups is 2. The van der Waals surface area contributed by atoms with E-state index < -0.39 is 9.85 Å². The summed E-state index contributed by atoms with van der Waals surface area (Å²) in [5.74, 6) is 5.04. The molecular weight excluding hydrogens is 204 g/mol. The first-order valence-electron chi connectivity index (χ1n) is 3.87. The largest absolute Gasteiger partial charge is 0.324 e. The number of rotatable bonds is 3. The number of nitrogens with one attached hydrogen (secondary N) is 1. The minimum absolute atomic E-state index is 0.00370. The molecule has 0 aliphatic rings. The fourth-order valence-electron chi connectivity index (χ4n) is 1.15. The molecule has 0 saturated heterocycles. The molecule has 1 rings (SSSR count). The summed E-state index contributed by atoms with van der Waals surface area (Å²) < 4.78 is 0. The van der Waals surface area contributed by atoms with Gasteiger partial charge in [-0.15, -0.1) is 0 Å². The van der Waals surface area contributed by atoms with Crippen LogP contribution < -0.4 is 11.3 Å². The van der Waals surface area contributed by atoms with Gasteiger partial charge in [0, 0.05) is 12.1 Å². The van der Waals surface area contributed by atoms with Crippen LogP contribution >= 0.6 is 0 Å². The van der Waals surface area contributed by atoms with Gasteiger partial charge in [-0.25, -0.2) is 0 Å². The Balaban J connectivity index is 3.47. The summed E-state index contributed by atoms with van der Waals surface area (Å²) in [4.78, 5) is 19.8.